The van der Waals surface area contributed by atoms with Crippen LogP contribution >= 0.6 is 11.3 Å². The number of rotatable bonds is 3. The van der Waals surface area contributed by atoms with Crippen LogP contribution in [-0.2, 0) is 17.6 Å². The van der Waals surface area contributed by atoms with Crippen molar-refractivity contribution in [3.63, 3.8) is 0 Å². The second-order valence-electron chi connectivity index (χ2n) is 4.59. The number of hydrogen-bond donors (Lipinski definition) is 2. The lowest BCUT2D eigenvalue weighted by molar-refractivity contribution is -0.116. The van der Waals surface area contributed by atoms with Gasteiger partial charge in [-0.3, -0.25) is 4.79 Å². The normalized spacial score (nSPS) is 14.1. The standard InChI is InChI=1S/C14H15N3OS/c15-6-5-14-17-12(8-19-14)10-1-3-11-9(7-10)2-4-13(18)16-11/h1,3,7-8H,2,4-6,15H2,(H,16,18). The van der Waals surface area contributed by atoms with Crippen molar-refractivity contribution in [2.45, 2.75) is 19.3 Å². The zero-order chi connectivity index (χ0) is 13.2. The molecule has 3 N–H and O–H groups in total. The minimum absolute atomic E-state index is 0.0964. The number of benzene rings is 1. The number of aryl methyl sites for hydroxylation is 1. The second-order valence-corrected chi connectivity index (χ2v) is 5.53. The van der Waals surface area contributed by atoms with Crippen LogP contribution in [0.25, 0.3) is 11.3 Å². The van der Waals surface area contributed by atoms with Crippen LogP contribution in [0.1, 0.15) is 17.0 Å². The molecule has 0 unspecified atom stereocenters. The Morgan fingerprint density at radius 1 is 1.37 bits per heavy atom. The van der Waals surface area contributed by atoms with Gasteiger partial charge in [-0.2, -0.15) is 0 Å². The summed E-state index contributed by atoms with van der Waals surface area (Å²) in [6.45, 7) is 0.628. The number of fused-ring (bicyclic) bond motifs is 1. The molecule has 0 aliphatic carbocycles. The summed E-state index contributed by atoms with van der Waals surface area (Å²) in [5, 5.41) is 6.03. The van der Waals surface area contributed by atoms with Crippen molar-refractivity contribution < 1.29 is 4.79 Å². The number of nitrogens with zero attached hydrogens (tertiary/aromatic N) is 1. The summed E-state index contributed by atoms with van der Waals surface area (Å²) in [5.74, 6) is 0.0964. The Balaban J connectivity index is 1.90. The van der Waals surface area contributed by atoms with Gasteiger partial charge in [-0.1, -0.05) is 6.07 Å². The molecule has 98 valence electrons. The lowest BCUT2D eigenvalue weighted by Crippen LogP contribution is -2.18. The largest absolute Gasteiger partial charge is 0.330 e. The highest BCUT2D eigenvalue weighted by Gasteiger charge is 2.15. The van der Waals surface area contributed by atoms with Gasteiger partial charge in [0.25, 0.3) is 0 Å². The van der Waals surface area contributed by atoms with Crippen LogP contribution in [0, 0.1) is 0 Å². The fraction of sp³-hybridized carbons (Fsp3) is 0.286. The molecule has 0 bridgehead atoms. The molecule has 0 atom stereocenters. The molecule has 19 heavy (non-hydrogen) atoms. The highest BCUT2D eigenvalue weighted by atomic mass is 32.1. The molecule has 1 aliphatic rings. The number of carbonyl (C=O) groups is 1. The van der Waals surface area contributed by atoms with Crippen LogP contribution in [0.15, 0.2) is 23.6 Å². The lowest BCUT2D eigenvalue weighted by Gasteiger charge is -2.17. The van der Waals surface area contributed by atoms with E-state index < -0.39 is 0 Å². The van der Waals surface area contributed by atoms with Gasteiger partial charge >= 0.3 is 0 Å². The number of nitrogens with two attached hydrogens (primary N) is 1. The van der Waals surface area contributed by atoms with Gasteiger partial charge in [0.05, 0.1) is 10.7 Å². The molecule has 1 aromatic heterocycles. The van der Waals surface area contributed by atoms with E-state index in [1.165, 1.54) is 5.56 Å². The molecule has 0 radical (unpaired) electrons. The molecule has 0 saturated heterocycles. The van der Waals surface area contributed by atoms with Crippen LogP contribution in [0.2, 0.25) is 0 Å². The number of amides is 1. The molecular weight excluding hydrogens is 258 g/mol. The maximum Gasteiger partial charge on any atom is 0.224 e. The SMILES string of the molecule is NCCc1nc(-c2ccc3c(c2)CCC(=O)N3)cs1. The summed E-state index contributed by atoms with van der Waals surface area (Å²) < 4.78 is 0. The van der Waals surface area contributed by atoms with E-state index in [2.05, 4.69) is 21.7 Å². The van der Waals surface area contributed by atoms with Gasteiger partial charge in [-0.15, -0.1) is 11.3 Å². The molecule has 0 fully saturated rings. The summed E-state index contributed by atoms with van der Waals surface area (Å²) in [4.78, 5) is 15.9. The maximum atomic E-state index is 11.3. The monoisotopic (exact) mass is 273 g/mol. The Hall–Kier alpha value is -1.72. The van der Waals surface area contributed by atoms with E-state index in [4.69, 9.17) is 5.73 Å². The summed E-state index contributed by atoms with van der Waals surface area (Å²) in [5.41, 5.74) is 9.75. The van der Waals surface area contributed by atoms with Crippen LogP contribution < -0.4 is 11.1 Å². The quantitative estimate of drug-likeness (QED) is 0.900. The summed E-state index contributed by atoms with van der Waals surface area (Å²) in [7, 11) is 0. The first kappa shape index (κ1) is 12.3. The summed E-state index contributed by atoms with van der Waals surface area (Å²) in [6, 6.07) is 6.09. The Labute approximate surface area is 115 Å². The highest BCUT2D eigenvalue weighted by Crippen LogP contribution is 2.29. The Kier molecular flexibility index (Phi) is 3.31. The predicted molar refractivity (Wildman–Crippen MR) is 77.3 cm³/mol. The summed E-state index contributed by atoms with van der Waals surface area (Å²) >= 11 is 1.65. The average molecular weight is 273 g/mol. The minimum atomic E-state index is 0.0964. The van der Waals surface area contributed by atoms with Gasteiger partial charge in [-0.05, 0) is 30.7 Å². The van der Waals surface area contributed by atoms with E-state index in [-0.39, 0.29) is 5.91 Å². The van der Waals surface area contributed by atoms with Crippen molar-refractivity contribution in [2.75, 3.05) is 11.9 Å². The molecule has 1 aliphatic heterocycles. The van der Waals surface area contributed by atoms with Crippen molar-refractivity contribution in [3.05, 3.63) is 34.2 Å². The van der Waals surface area contributed by atoms with Crippen LogP contribution in [-0.4, -0.2) is 17.4 Å². The van der Waals surface area contributed by atoms with Crippen LogP contribution in [0.4, 0.5) is 5.69 Å². The van der Waals surface area contributed by atoms with Crippen molar-refractivity contribution in [1.82, 2.24) is 4.98 Å². The highest BCUT2D eigenvalue weighted by molar-refractivity contribution is 7.09. The van der Waals surface area contributed by atoms with Crippen LogP contribution in [0.5, 0.6) is 0 Å². The predicted octanol–water partition coefficient (Wildman–Crippen LogP) is 2.20. The molecule has 2 aromatic rings. The molecule has 3 rings (SSSR count). The first-order valence-corrected chi connectivity index (χ1v) is 7.22. The molecule has 1 amide bonds. The molecule has 0 saturated carbocycles. The Morgan fingerprint density at radius 3 is 3.11 bits per heavy atom. The van der Waals surface area contributed by atoms with E-state index in [0.29, 0.717) is 13.0 Å². The van der Waals surface area contributed by atoms with Crippen LogP contribution in [0.3, 0.4) is 0 Å². The molecule has 5 heteroatoms. The number of anilines is 1. The Morgan fingerprint density at radius 2 is 2.26 bits per heavy atom. The van der Waals surface area contributed by atoms with Gasteiger partial charge < -0.3 is 11.1 Å². The minimum Gasteiger partial charge on any atom is -0.330 e. The van der Waals surface area contributed by atoms with Gasteiger partial charge in [0, 0.05) is 29.5 Å². The summed E-state index contributed by atoms with van der Waals surface area (Å²) in [6.07, 6.45) is 2.19. The zero-order valence-corrected chi connectivity index (χ0v) is 11.3. The molecular formula is C14H15N3OS. The van der Waals surface area contributed by atoms with Gasteiger partial charge in [0.2, 0.25) is 5.91 Å². The maximum absolute atomic E-state index is 11.3. The van der Waals surface area contributed by atoms with Gasteiger partial charge in [0.15, 0.2) is 0 Å². The number of carbonyl (C=O) groups excluding carboxylic acids is 1. The van der Waals surface area contributed by atoms with Gasteiger partial charge in [-0.25, -0.2) is 4.98 Å². The van der Waals surface area contributed by atoms with E-state index >= 15 is 0 Å². The number of thiazole rings is 1. The third-order valence-electron chi connectivity index (χ3n) is 3.21. The lowest BCUT2D eigenvalue weighted by atomic mass is 9.99. The fourth-order valence-electron chi connectivity index (χ4n) is 2.22. The second kappa shape index (κ2) is 5.11. The Bertz CT molecular complexity index is 621. The molecule has 4 nitrogen and oxygen atoms in total. The van der Waals surface area contributed by atoms with E-state index in [9.17, 15) is 4.79 Å². The average Bonchev–Trinajstić information content (AvgIpc) is 2.87. The first-order chi connectivity index (χ1) is 9.26. The zero-order valence-electron chi connectivity index (χ0n) is 10.5. The topological polar surface area (TPSA) is 68.0 Å². The van der Waals surface area contributed by atoms with Gasteiger partial charge in [0.1, 0.15) is 0 Å². The number of aromatic nitrogens is 1. The third-order valence-corrected chi connectivity index (χ3v) is 4.12. The van der Waals surface area contributed by atoms with E-state index in [0.717, 1.165) is 34.8 Å². The van der Waals surface area contributed by atoms with E-state index in [1.54, 1.807) is 11.3 Å². The first-order valence-electron chi connectivity index (χ1n) is 6.34. The molecule has 0 spiro atoms. The van der Waals surface area contributed by atoms with Crippen molar-refractivity contribution >= 4 is 22.9 Å². The van der Waals surface area contributed by atoms with Crippen molar-refractivity contribution in [1.29, 1.82) is 0 Å². The number of nitrogens with one attached hydrogen (secondary N) is 1. The smallest absolute Gasteiger partial charge is 0.224 e. The van der Waals surface area contributed by atoms with Crippen molar-refractivity contribution in [3.8, 4) is 11.3 Å². The van der Waals surface area contributed by atoms with Crippen molar-refractivity contribution in [2.24, 2.45) is 5.73 Å². The third kappa shape index (κ3) is 2.52. The number of hydrogen-bond acceptors (Lipinski definition) is 4. The molecule has 1 aromatic carbocycles. The molecule has 2 heterocycles. The van der Waals surface area contributed by atoms with E-state index in [1.807, 2.05) is 12.1 Å². The fourth-order valence-corrected chi connectivity index (χ4v) is 3.05.